The molecule has 6 nitrogen and oxygen atoms in total. The van der Waals surface area contributed by atoms with Crippen LogP contribution in [0.15, 0.2) is 24.3 Å². The molecule has 1 aromatic rings. The van der Waals surface area contributed by atoms with Crippen molar-refractivity contribution in [3.05, 3.63) is 29.8 Å². The minimum atomic E-state index is -0.891. The molecule has 0 saturated carbocycles. The molecule has 0 aliphatic carbocycles. The van der Waals surface area contributed by atoms with Gasteiger partial charge in [0.2, 0.25) is 5.91 Å². The predicted molar refractivity (Wildman–Crippen MR) is 68.4 cm³/mol. The van der Waals surface area contributed by atoms with E-state index in [0.717, 1.165) is 5.56 Å². The van der Waals surface area contributed by atoms with Gasteiger partial charge in [0, 0.05) is 18.8 Å². The number of aliphatic hydroxyl groups excluding tert-OH is 2. The first-order valence-electron chi connectivity index (χ1n) is 5.65. The Hall–Kier alpha value is -1.63. The first kappa shape index (κ1) is 14.4. The number of amides is 1. The Kier molecular flexibility index (Phi) is 5.57. The van der Waals surface area contributed by atoms with Gasteiger partial charge in [0.1, 0.15) is 0 Å². The summed E-state index contributed by atoms with van der Waals surface area (Å²) in [6.07, 6.45) is -0.891. The first-order valence-corrected chi connectivity index (χ1v) is 5.65. The SMILES string of the molecule is NC(=O)CN(Cc1ccc(N)cc1)CC(O)CO. The minimum Gasteiger partial charge on any atom is -0.399 e. The van der Waals surface area contributed by atoms with Gasteiger partial charge >= 0.3 is 0 Å². The maximum atomic E-state index is 10.9. The molecule has 1 amide bonds. The van der Waals surface area contributed by atoms with Crippen LogP contribution in [0, 0.1) is 0 Å². The van der Waals surface area contributed by atoms with Crippen molar-refractivity contribution in [2.45, 2.75) is 12.6 Å². The number of carbonyl (C=O) groups excluding carboxylic acids is 1. The zero-order valence-electron chi connectivity index (χ0n) is 10.1. The fraction of sp³-hybridized carbons (Fsp3) is 0.417. The van der Waals surface area contributed by atoms with E-state index in [2.05, 4.69) is 0 Å². The average Bonchev–Trinajstić information content (AvgIpc) is 2.31. The zero-order valence-corrected chi connectivity index (χ0v) is 10.1. The van der Waals surface area contributed by atoms with Crippen molar-refractivity contribution in [2.75, 3.05) is 25.4 Å². The van der Waals surface area contributed by atoms with Crippen molar-refractivity contribution in [3.63, 3.8) is 0 Å². The van der Waals surface area contributed by atoms with Gasteiger partial charge in [-0.15, -0.1) is 0 Å². The monoisotopic (exact) mass is 253 g/mol. The Bertz CT molecular complexity index is 381. The van der Waals surface area contributed by atoms with E-state index in [9.17, 15) is 9.90 Å². The molecule has 1 unspecified atom stereocenters. The van der Waals surface area contributed by atoms with E-state index >= 15 is 0 Å². The maximum Gasteiger partial charge on any atom is 0.231 e. The van der Waals surface area contributed by atoms with Crippen LogP contribution in [0.4, 0.5) is 5.69 Å². The molecule has 0 heterocycles. The summed E-state index contributed by atoms with van der Waals surface area (Å²) in [6, 6.07) is 7.21. The largest absolute Gasteiger partial charge is 0.399 e. The third kappa shape index (κ3) is 5.13. The van der Waals surface area contributed by atoms with Crippen molar-refractivity contribution in [1.29, 1.82) is 0 Å². The van der Waals surface area contributed by atoms with Gasteiger partial charge in [-0.1, -0.05) is 12.1 Å². The van der Waals surface area contributed by atoms with Crippen LogP contribution in [0.5, 0.6) is 0 Å². The van der Waals surface area contributed by atoms with Crippen molar-refractivity contribution in [2.24, 2.45) is 5.73 Å². The lowest BCUT2D eigenvalue weighted by Gasteiger charge is -2.23. The van der Waals surface area contributed by atoms with Crippen LogP contribution < -0.4 is 11.5 Å². The lowest BCUT2D eigenvalue weighted by Crippen LogP contribution is -2.39. The summed E-state index contributed by atoms with van der Waals surface area (Å²) in [5, 5.41) is 18.2. The highest BCUT2D eigenvalue weighted by atomic mass is 16.3. The van der Waals surface area contributed by atoms with Crippen LogP contribution in [0.25, 0.3) is 0 Å². The summed E-state index contributed by atoms with van der Waals surface area (Å²) >= 11 is 0. The van der Waals surface area contributed by atoms with Crippen LogP contribution in [-0.2, 0) is 11.3 Å². The quantitative estimate of drug-likeness (QED) is 0.461. The molecular weight excluding hydrogens is 234 g/mol. The number of primary amides is 1. The summed E-state index contributed by atoms with van der Waals surface area (Å²) in [6.45, 7) is 0.322. The van der Waals surface area contributed by atoms with Crippen LogP contribution >= 0.6 is 0 Å². The van der Waals surface area contributed by atoms with Gasteiger partial charge in [0.05, 0.1) is 19.3 Å². The van der Waals surface area contributed by atoms with Crippen LogP contribution in [0.3, 0.4) is 0 Å². The highest BCUT2D eigenvalue weighted by molar-refractivity contribution is 5.75. The van der Waals surface area contributed by atoms with E-state index in [0.29, 0.717) is 12.2 Å². The molecule has 6 N–H and O–H groups in total. The van der Waals surface area contributed by atoms with Crippen LogP contribution in [0.1, 0.15) is 5.56 Å². The summed E-state index contributed by atoms with van der Waals surface area (Å²) < 4.78 is 0. The van der Waals surface area contributed by atoms with Gasteiger partial charge in [-0.05, 0) is 17.7 Å². The van der Waals surface area contributed by atoms with E-state index in [1.807, 2.05) is 12.1 Å². The Morgan fingerprint density at radius 3 is 2.44 bits per heavy atom. The van der Waals surface area contributed by atoms with E-state index in [-0.39, 0.29) is 19.7 Å². The molecule has 0 bridgehead atoms. The van der Waals surface area contributed by atoms with E-state index in [1.54, 1.807) is 17.0 Å². The summed E-state index contributed by atoms with van der Waals surface area (Å²) in [7, 11) is 0. The van der Waals surface area contributed by atoms with Crippen LogP contribution in [0.2, 0.25) is 0 Å². The molecule has 0 radical (unpaired) electrons. The number of benzene rings is 1. The molecule has 0 aromatic heterocycles. The smallest absolute Gasteiger partial charge is 0.231 e. The highest BCUT2D eigenvalue weighted by Gasteiger charge is 2.13. The second-order valence-electron chi connectivity index (χ2n) is 4.21. The molecule has 0 aliphatic heterocycles. The topological polar surface area (TPSA) is 113 Å². The van der Waals surface area contributed by atoms with Crippen molar-refractivity contribution in [1.82, 2.24) is 4.90 Å². The molecule has 0 saturated heterocycles. The second kappa shape index (κ2) is 6.95. The third-order valence-electron chi connectivity index (χ3n) is 2.45. The minimum absolute atomic E-state index is 0.0292. The third-order valence-corrected chi connectivity index (χ3v) is 2.45. The Balaban J connectivity index is 2.65. The normalized spacial score (nSPS) is 12.6. The van der Waals surface area contributed by atoms with E-state index in [1.165, 1.54) is 0 Å². The maximum absolute atomic E-state index is 10.9. The Morgan fingerprint density at radius 1 is 1.33 bits per heavy atom. The Morgan fingerprint density at radius 2 is 1.94 bits per heavy atom. The zero-order chi connectivity index (χ0) is 13.5. The van der Waals surface area contributed by atoms with Gasteiger partial charge in [-0.25, -0.2) is 0 Å². The highest BCUT2D eigenvalue weighted by Crippen LogP contribution is 2.08. The molecule has 0 fully saturated rings. The number of hydrogen-bond acceptors (Lipinski definition) is 5. The van der Waals surface area contributed by atoms with Gasteiger partial charge in [-0.2, -0.15) is 0 Å². The van der Waals surface area contributed by atoms with Crippen molar-refractivity contribution >= 4 is 11.6 Å². The lowest BCUT2D eigenvalue weighted by atomic mass is 10.2. The van der Waals surface area contributed by atoms with Crippen LogP contribution in [-0.4, -0.2) is 46.8 Å². The molecule has 100 valence electrons. The number of hydrogen-bond donors (Lipinski definition) is 4. The fourth-order valence-corrected chi connectivity index (χ4v) is 1.64. The van der Waals surface area contributed by atoms with Crippen molar-refractivity contribution in [3.8, 4) is 0 Å². The second-order valence-corrected chi connectivity index (χ2v) is 4.21. The van der Waals surface area contributed by atoms with E-state index < -0.39 is 12.0 Å². The molecule has 6 heteroatoms. The molecule has 0 aliphatic rings. The number of aliphatic hydroxyl groups is 2. The fourth-order valence-electron chi connectivity index (χ4n) is 1.64. The molecular formula is C12H19N3O3. The van der Waals surface area contributed by atoms with Crippen molar-refractivity contribution < 1.29 is 15.0 Å². The molecule has 1 atom stereocenters. The molecule has 18 heavy (non-hydrogen) atoms. The molecule has 1 aromatic carbocycles. The van der Waals surface area contributed by atoms with E-state index in [4.69, 9.17) is 16.6 Å². The average molecular weight is 253 g/mol. The molecule has 1 rings (SSSR count). The van der Waals surface area contributed by atoms with Gasteiger partial charge in [0.15, 0.2) is 0 Å². The van der Waals surface area contributed by atoms with Gasteiger partial charge < -0.3 is 21.7 Å². The van der Waals surface area contributed by atoms with Gasteiger partial charge in [0.25, 0.3) is 0 Å². The number of carbonyl (C=O) groups is 1. The number of rotatable bonds is 7. The van der Waals surface area contributed by atoms with Gasteiger partial charge in [-0.3, -0.25) is 9.69 Å². The summed E-state index contributed by atoms with van der Waals surface area (Å²) in [4.78, 5) is 12.6. The number of nitrogen functional groups attached to an aromatic ring is 1. The number of nitrogens with zero attached hydrogens (tertiary/aromatic N) is 1. The lowest BCUT2D eigenvalue weighted by molar-refractivity contribution is -0.119. The Labute approximate surface area is 106 Å². The summed E-state index contributed by atoms with van der Waals surface area (Å²) in [5.41, 5.74) is 12.3. The molecule has 0 spiro atoms. The first-order chi connectivity index (χ1) is 8.51. The number of anilines is 1. The standard InChI is InChI=1S/C12H19N3O3/c13-10-3-1-9(2-4-10)5-15(7-12(14)18)6-11(17)8-16/h1-4,11,16-17H,5-8,13H2,(H2,14,18). The summed E-state index contributed by atoms with van der Waals surface area (Å²) in [5.74, 6) is -0.476. The predicted octanol–water partition coefficient (Wildman–Crippen LogP) is -1.09. The number of nitrogens with two attached hydrogens (primary N) is 2.